The van der Waals surface area contributed by atoms with Crippen molar-refractivity contribution in [2.24, 2.45) is 0 Å². The molecule has 32 heavy (non-hydrogen) atoms. The molecular formula is C26H22ClN3O2. The number of aliphatic hydroxyl groups is 1. The Balaban J connectivity index is 1.75. The van der Waals surface area contributed by atoms with Crippen molar-refractivity contribution in [2.45, 2.75) is 37.5 Å². The van der Waals surface area contributed by atoms with Crippen LogP contribution in [0.3, 0.4) is 0 Å². The highest BCUT2D eigenvalue weighted by Gasteiger charge is 2.70. The van der Waals surface area contributed by atoms with Gasteiger partial charge in [0.1, 0.15) is 5.54 Å². The normalized spacial score (nSPS) is 21.5. The van der Waals surface area contributed by atoms with Crippen molar-refractivity contribution in [1.82, 2.24) is 0 Å². The SMILES string of the molecule is [C-]#[N+]c1ccc(N2C(=O)N(c3ccc(Cl)cc3)C3(CCC3)C2(O)c2cccc(C)c2)cc1. The van der Waals surface area contributed by atoms with Gasteiger partial charge in [-0.3, -0.25) is 9.80 Å². The van der Waals surface area contributed by atoms with E-state index in [1.54, 1.807) is 41.3 Å². The van der Waals surface area contributed by atoms with Gasteiger partial charge in [-0.1, -0.05) is 53.6 Å². The van der Waals surface area contributed by atoms with Gasteiger partial charge in [-0.15, -0.1) is 0 Å². The van der Waals surface area contributed by atoms with Crippen LogP contribution >= 0.6 is 11.6 Å². The lowest BCUT2D eigenvalue weighted by molar-refractivity contribution is -0.0525. The van der Waals surface area contributed by atoms with E-state index in [-0.39, 0.29) is 6.03 Å². The molecule has 1 saturated heterocycles. The lowest BCUT2D eigenvalue weighted by Gasteiger charge is -2.52. The number of benzene rings is 3. The molecule has 160 valence electrons. The summed E-state index contributed by atoms with van der Waals surface area (Å²) < 4.78 is 0. The average Bonchev–Trinajstić information content (AvgIpc) is 2.99. The topological polar surface area (TPSA) is 48.1 Å². The Kier molecular flexibility index (Phi) is 4.74. The van der Waals surface area contributed by atoms with Crippen molar-refractivity contribution in [3.05, 3.63) is 100 Å². The molecule has 2 fully saturated rings. The minimum Gasteiger partial charge on any atom is -0.364 e. The van der Waals surface area contributed by atoms with E-state index in [0.29, 0.717) is 40.5 Å². The average molecular weight is 444 g/mol. The van der Waals surface area contributed by atoms with Gasteiger partial charge in [0.15, 0.2) is 11.4 Å². The molecule has 2 aliphatic rings. The van der Waals surface area contributed by atoms with Crippen LogP contribution in [-0.4, -0.2) is 16.7 Å². The summed E-state index contributed by atoms with van der Waals surface area (Å²) in [5, 5.41) is 13.1. The number of anilines is 2. The fourth-order valence-electron chi connectivity index (χ4n) is 5.05. The molecule has 0 aromatic heterocycles. The lowest BCUT2D eigenvalue weighted by Crippen LogP contribution is -2.63. The highest BCUT2D eigenvalue weighted by atomic mass is 35.5. The van der Waals surface area contributed by atoms with Crippen molar-refractivity contribution in [3.8, 4) is 0 Å². The predicted octanol–water partition coefficient (Wildman–Crippen LogP) is 6.41. The Morgan fingerprint density at radius 2 is 1.59 bits per heavy atom. The first-order chi connectivity index (χ1) is 15.4. The Morgan fingerprint density at radius 1 is 0.969 bits per heavy atom. The van der Waals surface area contributed by atoms with E-state index in [9.17, 15) is 9.90 Å². The second-order valence-electron chi connectivity index (χ2n) is 8.48. The third-order valence-corrected chi connectivity index (χ3v) is 6.96. The number of carbonyl (C=O) groups excluding carboxylic acids is 1. The number of hydrogen-bond acceptors (Lipinski definition) is 2. The maximum Gasteiger partial charge on any atom is 0.332 e. The molecule has 1 spiro atoms. The first-order valence-electron chi connectivity index (χ1n) is 10.6. The van der Waals surface area contributed by atoms with Crippen LogP contribution in [-0.2, 0) is 5.72 Å². The minimum atomic E-state index is -1.58. The molecule has 3 aromatic carbocycles. The summed E-state index contributed by atoms with van der Waals surface area (Å²) in [6, 6.07) is 21.4. The smallest absolute Gasteiger partial charge is 0.332 e. The second-order valence-corrected chi connectivity index (χ2v) is 8.92. The number of aryl methyl sites for hydroxylation is 1. The molecular weight excluding hydrogens is 422 g/mol. The van der Waals surface area contributed by atoms with E-state index >= 15 is 0 Å². The van der Waals surface area contributed by atoms with E-state index < -0.39 is 11.3 Å². The van der Waals surface area contributed by atoms with Crippen molar-refractivity contribution >= 4 is 34.7 Å². The van der Waals surface area contributed by atoms with Crippen molar-refractivity contribution in [2.75, 3.05) is 9.80 Å². The predicted molar refractivity (Wildman–Crippen MR) is 126 cm³/mol. The molecule has 1 aliphatic heterocycles. The zero-order valence-corrected chi connectivity index (χ0v) is 18.4. The van der Waals surface area contributed by atoms with E-state index in [4.69, 9.17) is 18.2 Å². The monoisotopic (exact) mass is 443 g/mol. The molecule has 2 amide bonds. The standard InChI is InChI=1S/C26H22ClN3O2/c1-18-5-3-6-19(17-18)26(32)25(15-4-16-25)29(22-11-7-20(27)8-12-22)24(31)30(26)23-13-9-21(28-2)10-14-23/h3,5-14,17,32H,4,15-16H2,1H3. The molecule has 3 aromatic rings. The Morgan fingerprint density at radius 3 is 2.16 bits per heavy atom. The van der Waals surface area contributed by atoms with Crippen LogP contribution in [0.1, 0.15) is 30.4 Å². The van der Waals surface area contributed by atoms with E-state index in [1.807, 2.05) is 43.3 Å². The van der Waals surface area contributed by atoms with Crippen LogP contribution in [0, 0.1) is 13.5 Å². The Bertz CT molecular complexity index is 1230. The molecule has 1 heterocycles. The van der Waals surface area contributed by atoms with Crippen LogP contribution in [0.5, 0.6) is 0 Å². The molecule has 1 unspecified atom stereocenters. The first kappa shape index (κ1) is 20.6. The third kappa shape index (κ3) is 2.77. The largest absolute Gasteiger partial charge is 0.364 e. The molecule has 0 bridgehead atoms. The molecule has 1 saturated carbocycles. The van der Waals surface area contributed by atoms with Gasteiger partial charge in [-0.05, 0) is 62.6 Å². The van der Waals surface area contributed by atoms with Crippen LogP contribution in [0.2, 0.25) is 5.02 Å². The Hall–Kier alpha value is -3.33. The summed E-state index contributed by atoms with van der Waals surface area (Å²) in [5.41, 5.74) is 1.02. The summed E-state index contributed by atoms with van der Waals surface area (Å²) >= 11 is 6.11. The van der Waals surface area contributed by atoms with Crippen molar-refractivity contribution in [3.63, 3.8) is 0 Å². The van der Waals surface area contributed by atoms with Crippen LogP contribution in [0.15, 0.2) is 72.8 Å². The minimum absolute atomic E-state index is 0.299. The molecule has 6 heteroatoms. The van der Waals surface area contributed by atoms with Gasteiger partial charge in [-0.2, -0.15) is 0 Å². The fourth-order valence-corrected chi connectivity index (χ4v) is 5.18. The maximum absolute atomic E-state index is 14.0. The zero-order chi connectivity index (χ0) is 22.5. The van der Waals surface area contributed by atoms with Gasteiger partial charge in [0.05, 0.1) is 6.57 Å². The third-order valence-electron chi connectivity index (χ3n) is 6.71. The summed E-state index contributed by atoms with van der Waals surface area (Å²) in [5.74, 6) is 0. The number of amides is 2. The second kappa shape index (κ2) is 7.37. The summed E-state index contributed by atoms with van der Waals surface area (Å²) in [6.07, 6.45) is 2.25. The van der Waals surface area contributed by atoms with Gasteiger partial charge in [-0.25, -0.2) is 9.64 Å². The number of rotatable bonds is 3. The van der Waals surface area contributed by atoms with Crippen molar-refractivity contribution < 1.29 is 9.90 Å². The van der Waals surface area contributed by atoms with Crippen LogP contribution < -0.4 is 9.80 Å². The number of carbonyl (C=O) groups is 1. The molecule has 1 atom stereocenters. The number of hydrogen-bond donors (Lipinski definition) is 1. The Labute approximate surface area is 192 Å². The van der Waals surface area contributed by atoms with Gasteiger partial charge in [0, 0.05) is 22.0 Å². The van der Waals surface area contributed by atoms with E-state index in [1.165, 1.54) is 4.90 Å². The number of halogens is 1. The van der Waals surface area contributed by atoms with Crippen LogP contribution in [0.25, 0.3) is 4.85 Å². The molecule has 1 N–H and O–H groups in total. The zero-order valence-electron chi connectivity index (χ0n) is 17.6. The van der Waals surface area contributed by atoms with Gasteiger partial charge in [0.25, 0.3) is 0 Å². The molecule has 0 radical (unpaired) electrons. The van der Waals surface area contributed by atoms with Gasteiger partial charge < -0.3 is 5.11 Å². The fraction of sp³-hybridized carbons (Fsp3) is 0.231. The number of nitrogens with zero attached hydrogens (tertiary/aromatic N) is 3. The van der Waals surface area contributed by atoms with Gasteiger partial charge in [0.2, 0.25) is 0 Å². The van der Waals surface area contributed by atoms with Crippen molar-refractivity contribution in [1.29, 1.82) is 0 Å². The quantitative estimate of drug-likeness (QED) is 0.475. The summed E-state index contributed by atoms with van der Waals surface area (Å²) in [4.78, 5) is 20.7. The highest BCUT2D eigenvalue weighted by molar-refractivity contribution is 6.30. The highest BCUT2D eigenvalue weighted by Crippen LogP contribution is 2.59. The summed E-state index contributed by atoms with van der Waals surface area (Å²) in [7, 11) is 0. The summed E-state index contributed by atoms with van der Waals surface area (Å²) in [6.45, 7) is 9.21. The molecule has 5 nitrogen and oxygen atoms in total. The lowest BCUT2D eigenvalue weighted by atomic mass is 9.66. The van der Waals surface area contributed by atoms with Crippen LogP contribution in [0.4, 0.5) is 21.9 Å². The first-order valence-corrected chi connectivity index (χ1v) is 11.0. The number of urea groups is 1. The van der Waals surface area contributed by atoms with E-state index in [0.717, 1.165) is 12.0 Å². The maximum atomic E-state index is 14.0. The molecule has 1 aliphatic carbocycles. The van der Waals surface area contributed by atoms with E-state index in [2.05, 4.69) is 4.85 Å². The van der Waals surface area contributed by atoms with Gasteiger partial charge >= 0.3 is 6.03 Å². The molecule has 5 rings (SSSR count).